The number of anilines is 1. The van der Waals surface area contributed by atoms with Gasteiger partial charge in [0.05, 0.1) is 6.54 Å². The van der Waals surface area contributed by atoms with Crippen LogP contribution in [0.4, 0.5) is 10.1 Å². The first-order valence-electron chi connectivity index (χ1n) is 5.96. The Kier molecular flexibility index (Phi) is 4.13. The van der Waals surface area contributed by atoms with E-state index in [2.05, 4.69) is 5.32 Å². The van der Waals surface area contributed by atoms with Gasteiger partial charge in [-0.15, -0.1) is 0 Å². The average molecular weight is 241 g/mol. The van der Waals surface area contributed by atoms with E-state index in [0.29, 0.717) is 0 Å². The molecule has 0 aromatic heterocycles. The Morgan fingerprint density at radius 3 is 2.61 bits per heavy atom. The minimum atomic E-state index is -0.176. The smallest absolute Gasteiger partial charge is 0.120 e. The van der Waals surface area contributed by atoms with E-state index in [-0.39, 0.29) is 12.4 Å². The highest BCUT2D eigenvalue weighted by molar-refractivity contribution is 5.54. The predicted molar refractivity (Wildman–Crippen MR) is 75.2 cm³/mol. The Hall–Kier alpha value is -2.09. The van der Waals surface area contributed by atoms with Gasteiger partial charge in [-0.1, -0.05) is 48.0 Å². The van der Waals surface area contributed by atoms with E-state index in [1.54, 1.807) is 6.08 Å². The number of para-hydroxylation sites is 1. The van der Waals surface area contributed by atoms with Gasteiger partial charge in [-0.25, -0.2) is 4.39 Å². The van der Waals surface area contributed by atoms with Crippen molar-refractivity contribution in [3.8, 4) is 0 Å². The summed E-state index contributed by atoms with van der Waals surface area (Å²) < 4.78 is 13.7. The molecule has 0 heterocycles. The van der Waals surface area contributed by atoms with Gasteiger partial charge in [-0.3, -0.25) is 0 Å². The normalized spacial score (nSPS) is 11.3. The first-order chi connectivity index (χ1) is 8.74. The lowest BCUT2D eigenvalue weighted by Crippen LogP contribution is -2.01. The molecule has 0 unspecified atom stereocenters. The van der Waals surface area contributed by atoms with E-state index in [1.807, 2.05) is 61.5 Å². The monoisotopic (exact) mass is 241 g/mol. The quantitative estimate of drug-likeness (QED) is 0.835. The summed E-state index contributed by atoms with van der Waals surface area (Å²) in [4.78, 5) is 0. The molecule has 1 nitrogen and oxygen atoms in total. The predicted octanol–water partition coefficient (Wildman–Crippen LogP) is 4.42. The molecular weight excluding hydrogens is 225 g/mol. The Morgan fingerprint density at radius 1 is 1.11 bits per heavy atom. The van der Waals surface area contributed by atoms with Gasteiger partial charge in [0.15, 0.2) is 0 Å². The molecule has 2 aromatic rings. The number of aryl methyl sites for hydroxylation is 1. The van der Waals surface area contributed by atoms with Crippen LogP contribution in [0, 0.1) is 6.92 Å². The lowest BCUT2D eigenvalue weighted by molar-refractivity contribution is 0.634. The van der Waals surface area contributed by atoms with Gasteiger partial charge in [0.2, 0.25) is 0 Å². The van der Waals surface area contributed by atoms with Crippen molar-refractivity contribution in [3.05, 3.63) is 71.6 Å². The van der Waals surface area contributed by atoms with Crippen LogP contribution in [-0.4, -0.2) is 6.54 Å². The minimum Gasteiger partial charge on any atom is -0.379 e. The molecule has 1 N–H and O–H groups in total. The van der Waals surface area contributed by atoms with E-state index in [4.69, 9.17) is 0 Å². The molecule has 92 valence electrons. The molecular formula is C16H16FN. The number of rotatable bonds is 4. The molecule has 2 aromatic carbocycles. The van der Waals surface area contributed by atoms with Gasteiger partial charge < -0.3 is 5.32 Å². The molecule has 18 heavy (non-hydrogen) atoms. The van der Waals surface area contributed by atoms with Gasteiger partial charge in [0.1, 0.15) is 5.83 Å². The Balaban J connectivity index is 1.97. The maximum atomic E-state index is 13.7. The molecule has 0 spiro atoms. The molecule has 2 rings (SSSR count). The third-order valence-electron chi connectivity index (χ3n) is 2.60. The van der Waals surface area contributed by atoms with Crippen molar-refractivity contribution < 1.29 is 4.39 Å². The van der Waals surface area contributed by atoms with Gasteiger partial charge in [0.25, 0.3) is 0 Å². The molecule has 0 aliphatic rings. The summed E-state index contributed by atoms with van der Waals surface area (Å²) in [7, 11) is 0. The van der Waals surface area contributed by atoms with E-state index < -0.39 is 0 Å². The number of hydrogen-bond acceptors (Lipinski definition) is 1. The van der Waals surface area contributed by atoms with Gasteiger partial charge in [-0.2, -0.15) is 0 Å². The second kappa shape index (κ2) is 6.01. The van der Waals surface area contributed by atoms with E-state index in [0.717, 1.165) is 16.8 Å². The molecule has 0 radical (unpaired) electrons. The first kappa shape index (κ1) is 12.4. The van der Waals surface area contributed by atoms with Crippen molar-refractivity contribution in [3.63, 3.8) is 0 Å². The van der Waals surface area contributed by atoms with Gasteiger partial charge in [0, 0.05) is 5.69 Å². The fourth-order valence-electron chi connectivity index (χ4n) is 1.73. The summed E-state index contributed by atoms with van der Waals surface area (Å²) in [5.74, 6) is -0.176. The SMILES string of the molecule is Cc1cccc(/C=C(\F)CNc2ccccc2)c1. The van der Waals surface area contributed by atoms with Crippen LogP contribution in [0.15, 0.2) is 60.4 Å². The molecule has 0 atom stereocenters. The summed E-state index contributed by atoms with van der Waals surface area (Å²) >= 11 is 0. The van der Waals surface area contributed by atoms with Crippen LogP contribution >= 0.6 is 0 Å². The summed E-state index contributed by atoms with van der Waals surface area (Å²) in [6.07, 6.45) is 1.56. The summed E-state index contributed by atoms with van der Waals surface area (Å²) in [6, 6.07) is 17.4. The fourth-order valence-corrected chi connectivity index (χ4v) is 1.73. The highest BCUT2D eigenvalue weighted by Crippen LogP contribution is 2.12. The van der Waals surface area contributed by atoms with Crippen LogP contribution in [0.2, 0.25) is 0 Å². The zero-order valence-corrected chi connectivity index (χ0v) is 10.4. The minimum absolute atomic E-state index is 0.176. The summed E-state index contributed by atoms with van der Waals surface area (Å²) in [6.45, 7) is 2.20. The van der Waals surface area contributed by atoms with Crippen LogP contribution in [0.25, 0.3) is 6.08 Å². The highest BCUT2D eigenvalue weighted by Gasteiger charge is 1.97. The van der Waals surface area contributed by atoms with Gasteiger partial charge in [-0.05, 0) is 30.7 Å². The van der Waals surface area contributed by atoms with E-state index in [9.17, 15) is 4.39 Å². The lowest BCUT2D eigenvalue weighted by atomic mass is 10.1. The van der Waals surface area contributed by atoms with Crippen LogP contribution in [0.1, 0.15) is 11.1 Å². The van der Waals surface area contributed by atoms with Crippen LogP contribution < -0.4 is 5.32 Å². The molecule has 0 fully saturated rings. The van der Waals surface area contributed by atoms with Crippen molar-refractivity contribution in [1.82, 2.24) is 0 Å². The second-order valence-electron chi connectivity index (χ2n) is 4.22. The zero-order chi connectivity index (χ0) is 12.8. The molecule has 0 saturated heterocycles. The number of nitrogens with one attached hydrogen (secondary N) is 1. The second-order valence-corrected chi connectivity index (χ2v) is 4.22. The van der Waals surface area contributed by atoms with Crippen LogP contribution in [0.5, 0.6) is 0 Å². The number of halogens is 1. The Bertz CT molecular complexity index is 532. The average Bonchev–Trinajstić information content (AvgIpc) is 2.38. The van der Waals surface area contributed by atoms with Crippen molar-refractivity contribution in [2.45, 2.75) is 6.92 Å². The maximum absolute atomic E-state index is 13.7. The van der Waals surface area contributed by atoms with E-state index in [1.165, 1.54) is 0 Å². The summed E-state index contributed by atoms with van der Waals surface area (Å²) in [5, 5.41) is 3.04. The van der Waals surface area contributed by atoms with Crippen molar-refractivity contribution in [2.24, 2.45) is 0 Å². The summed E-state index contributed by atoms with van der Waals surface area (Å²) in [5.41, 5.74) is 2.94. The Labute approximate surface area is 107 Å². The molecule has 0 saturated carbocycles. The molecule has 0 amide bonds. The molecule has 0 aliphatic heterocycles. The zero-order valence-electron chi connectivity index (χ0n) is 10.4. The highest BCUT2D eigenvalue weighted by atomic mass is 19.1. The first-order valence-corrected chi connectivity index (χ1v) is 5.96. The third kappa shape index (κ3) is 3.74. The molecule has 2 heteroatoms. The number of benzene rings is 2. The van der Waals surface area contributed by atoms with Crippen LogP contribution in [0.3, 0.4) is 0 Å². The Morgan fingerprint density at radius 2 is 1.89 bits per heavy atom. The topological polar surface area (TPSA) is 12.0 Å². The third-order valence-corrected chi connectivity index (χ3v) is 2.60. The lowest BCUT2D eigenvalue weighted by Gasteiger charge is -2.04. The molecule has 0 bridgehead atoms. The van der Waals surface area contributed by atoms with Gasteiger partial charge >= 0.3 is 0 Å². The maximum Gasteiger partial charge on any atom is 0.120 e. The number of hydrogen-bond donors (Lipinski definition) is 1. The standard InChI is InChI=1S/C16H16FN/c1-13-6-5-7-14(10-13)11-15(17)12-18-16-8-3-2-4-9-16/h2-11,18H,12H2,1H3/b15-11-. The van der Waals surface area contributed by atoms with Crippen molar-refractivity contribution in [2.75, 3.05) is 11.9 Å². The van der Waals surface area contributed by atoms with Crippen molar-refractivity contribution >= 4 is 11.8 Å². The van der Waals surface area contributed by atoms with Crippen LogP contribution in [-0.2, 0) is 0 Å². The van der Waals surface area contributed by atoms with E-state index >= 15 is 0 Å². The molecule has 0 aliphatic carbocycles. The van der Waals surface area contributed by atoms with Crippen molar-refractivity contribution in [1.29, 1.82) is 0 Å². The fraction of sp³-hybridized carbons (Fsp3) is 0.125. The largest absolute Gasteiger partial charge is 0.379 e.